The van der Waals surface area contributed by atoms with Gasteiger partial charge in [0, 0.05) is 11.0 Å². The van der Waals surface area contributed by atoms with E-state index in [1.165, 1.54) is 38.6 Å². The van der Waals surface area contributed by atoms with E-state index in [0.717, 1.165) is 35.2 Å². The van der Waals surface area contributed by atoms with E-state index in [1.54, 1.807) is 0 Å². The molecule has 1 N–H and O–H groups in total. The van der Waals surface area contributed by atoms with E-state index < -0.39 is 0 Å². The summed E-state index contributed by atoms with van der Waals surface area (Å²) in [4.78, 5) is 0. The van der Waals surface area contributed by atoms with Crippen LogP contribution in [-0.2, 0) is 0 Å². The molecule has 0 aromatic heterocycles. The number of benzene rings is 1. The lowest BCUT2D eigenvalue weighted by molar-refractivity contribution is 0.177. The second-order valence-electron chi connectivity index (χ2n) is 6.90. The Morgan fingerprint density at radius 3 is 2.86 bits per heavy atom. The molecule has 0 heterocycles. The van der Waals surface area contributed by atoms with Crippen LogP contribution in [0.5, 0.6) is 5.75 Å². The highest BCUT2D eigenvalue weighted by Gasteiger charge is 2.53. The SMILES string of the molecule is CCCNCC1(CCOc2cccc(Br)c2)CC2CC2C1. The molecule has 3 heteroatoms. The molecule has 0 bridgehead atoms. The van der Waals surface area contributed by atoms with Crippen LogP contribution in [0.3, 0.4) is 0 Å². The van der Waals surface area contributed by atoms with Crippen molar-refractivity contribution in [3.8, 4) is 5.75 Å². The van der Waals surface area contributed by atoms with Crippen molar-refractivity contribution in [3.05, 3.63) is 28.7 Å². The van der Waals surface area contributed by atoms with Crippen molar-refractivity contribution < 1.29 is 4.74 Å². The highest BCUT2D eigenvalue weighted by Crippen LogP contribution is 2.60. The van der Waals surface area contributed by atoms with Crippen LogP contribution in [0, 0.1) is 17.3 Å². The summed E-state index contributed by atoms with van der Waals surface area (Å²) in [5, 5.41) is 3.65. The minimum absolute atomic E-state index is 0.495. The minimum Gasteiger partial charge on any atom is -0.494 e. The molecule has 2 nitrogen and oxygen atoms in total. The van der Waals surface area contributed by atoms with Gasteiger partial charge in [0.15, 0.2) is 0 Å². The Bertz CT molecular complexity index is 466. The van der Waals surface area contributed by atoms with E-state index in [4.69, 9.17) is 4.74 Å². The fourth-order valence-corrected chi connectivity index (χ4v) is 4.29. The fraction of sp³-hybridized carbons (Fsp3) is 0.667. The average Bonchev–Trinajstić information content (AvgIpc) is 3.07. The topological polar surface area (TPSA) is 21.3 Å². The first-order chi connectivity index (χ1) is 10.2. The second kappa shape index (κ2) is 6.70. The first-order valence-corrected chi connectivity index (χ1v) is 9.09. The normalized spacial score (nSPS) is 30.2. The summed E-state index contributed by atoms with van der Waals surface area (Å²) < 4.78 is 7.06. The lowest BCUT2D eigenvalue weighted by Gasteiger charge is -2.31. The summed E-state index contributed by atoms with van der Waals surface area (Å²) in [7, 11) is 0. The van der Waals surface area contributed by atoms with E-state index in [0.29, 0.717) is 5.41 Å². The molecule has 2 aliphatic carbocycles. The van der Waals surface area contributed by atoms with Crippen molar-refractivity contribution in [1.82, 2.24) is 5.32 Å². The Morgan fingerprint density at radius 1 is 1.33 bits per heavy atom. The summed E-state index contributed by atoms with van der Waals surface area (Å²) in [6.07, 6.45) is 6.72. The maximum atomic E-state index is 5.97. The van der Waals surface area contributed by atoms with Crippen LogP contribution < -0.4 is 10.1 Å². The molecule has 2 unspecified atom stereocenters. The zero-order valence-electron chi connectivity index (χ0n) is 12.9. The van der Waals surface area contributed by atoms with Gasteiger partial charge in [-0.2, -0.15) is 0 Å². The zero-order valence-corrected chi connectivity index (χ0v) is 14.5. The van der Waals surface area contributed by atoms with Gasteiger partial charge in [-0.15, -0.1) is 0 Å². The molecule has 0 amide bonds. The number of hydrogen-bond acceptors (Lipinski definition) is 2. The first-order valence-electron chi connectivity index (χ1n) is 8.30. The van der Waals surface area contributed by atoms with Gasteiger partial charge in [0.1, 0.15) is 5.75 Å². The lowest BCUT2D eigenvalue weighted by atomic mass is 9.80. The quantitative estimate of drug-likeness (QED) is 0.689. The molecule has 3 rings (SSSR count). The number of nitrogens with one attached hydrogen (secondary N) is 1. The lowest BCUT2D eigenvalue weighted by Crippen LogP contribution is -2.35. The number of ether oxygens (including phenoxy) is 1. The van der Waals surface area contributed by atoms with Crippen molar-refractivity contribution in [2.24, 2.45) is 17.3 Å². The predicted molar refractivity (Wildman–Crippen MR) is 90.7 cm³/mol. The van der Waals surface area contributed by atoms with Gasteiger partial charge in [0.05, 0.1) is 6.61 Å². The van der Waals surface area contributed by atoms with Gasteiger partial charge in [-0.1, -0.05) is 28.9 Å². The van der Waals surface area contributed by atoms with E-state index in [2.05, 4.69) is 28.2 Å². The van der Waals surface area contributed by atoms with E-state index in [9.17, 15) is 0 Å². The van der Waals surface area contributed by atoms with E-state index >= 15 is 0 Å². The van der Waals surface area contributed by atoms with Crippen LogP contribution in [0.25, 0.3) is 0 Å². The van der Waals surface area contributed by atoms with Crippen LogP contribution in [0.1, 0.15) is 39.0 Å². The Balaban J connectivity index is 1.50. The Hall–Kier alpha value is -0.540. The molecular weight excluding hydrogens is 326 g/mol. The molecule has 0 radical (unpaired) electrons. The number of halogens is 1. The summed E-state index contributed by atoms with van der Waals surface area (Å²) >= 11 is 3.50. The van der Waals surface area contributed by atoms with Crippen LogP contribution in [0.15, 0.2) is 28.7 Å². The maximum absolute atomic E-state index is 5.97. The summed E-state index contributed by atoms with van der Waals surface area (Å²) in [5.74, 6) is 3.03. The smallest absolute Gasteiger partial charge is 0.120 e. The predicted octanol–water partition coefficient (Wildman–Crippen LogP) is 4.63. The second-order valence-corrected chi connectivity index (χ2v) is 7.81. The number of hydrogen-bond donors (Lipinski definition) is 1. The molecule has 1 aromatic carbocycles. The maximum Gasteiger partial charge on any atom is 0.120 e. The van der Waals surface area contributed by atoms with Crippen molar-refractivity contribution >= 4 is 15.9 Å². The van der Waals surface area contributed by atoms with Crippen LogP contribution in [0.4, 0.5) is 0 Å². The monoisotopic (exact) mass is 351 g/mol. The Kier molecular flexibility index (Phi) is 4.90. The third kappa shape index (κ3) is 4.01. The Labute approximate surface area is 136 Å². The van der Waals surface area contributed by atoms with Crippen LogP contribution in [-0.4, -0.2) is 19.7 Å². The van der Waals surface area contributed by atoms with Crippen LogP contribution in [0.2, 0.25) is 0 Å². The van der Waals surface area contributed by atoms with Gasteiger partial charge >= 0.3 is 0 Å². The third-order valence-corrected chi connectivity index (χ3v) is 5.58. The van der Waals surface area contributed by atoms with Gasteiger partial charge in [0.25, 0.3) is 0 Å². The highest BCUT2D eigenvalue weighted by molar-refractivity contribution is 9.10. The fourth-order valence-electron chi connectivity index (χ4n) is 3.92. The molecule has 116 valence electrons. The highest BCUT2D eigenvalue weighted by atomic mass is 79.9. The molecule has 0 aliphatic heterocycles. The van der Waals surface area contributed by atoms with Gasteiger partial charge < -0.3 is 10.1 Å². The molecule has 21 heavy (non-hydrogen) atoms. The minimum atomic E-state index is 0.495. The molecule has 2 aliphatic rings. The molecule has 2 atom stereocenters. The van der Waals surface area contributed by atoms with Crippen molar-refractivity contribution in [2.75, 3.05) is 19.7 Å². The number of fused-ring (bicyclic) bond motifs is 1. The van der Waals surface area contributed by atoms with Gasteiger partial charge in [0.2, 0.25) is 0 Å². The number of rotatable bonds is 8. The van der Waals surface area contributed by atoms with Gasteiger partial charge in [-0.25, -0.2) is 0 Å². The molecule has 2 fully saturated rings. The van der Waals surface area contributed by atoms with Crippen LogP contribution >= 0.6 is 15.9 Å². The van der Waals surface area contributed by atoms with Crippen molar-refractivity contribution in [2.45, 2.75) is 39.0 Å². The molecule has 0 spiro atoms. The summed E-state index contributed by atoms with van der Waals surface area (Å²) in [5.41, 5.74) is 0.495. The van der Waals surface area contributed by atoms with Crippen molar-refractivity contribution in [3.63, 3.8) is 0 Å². The molecule has 0 saturated heterocycles. The molecule has 1 aromatic rings. The summed E-state index contributed by atoms with van der Waals surface area (Å²) in [6, 6.07) is 8.16. The van der Waals surface area contributed by atoms with E-state index in [-0.39, 0.29) is 0 Å². The van der Waals surface area contributed by atoms with Crippen molar-refractivity contribution in [1.29, 1.82) is 0 Å². The van der Waals surface area contributed by atoms with E-state index in [1.807, 2.05) is 24.3 Å². The molecular formula is C18H26BrNO. The Morgan fingerprint density at radius 2 is 2.14 bits per heavy atom. The third-order valence-electron chi connectivity index (χ3n) is 5.08. The standard InChI is InChI=1S/C18H26BrNO/c1-2-7-20-13-18(11-14-9-15(14)12-18)6-8-21-17-5-3-4-16(19)10-17/h3-5,10,14-15,20H,2,6-9,11-13H2,1H3. The zero-order chi connectivity index (χ0) is 14.7. The summed E-state index contributed by atoms with van der Waals surface area (Å²) in [6.45, 7) is 5.39. The van der Waals surface area contributed by atoms with Gasteiger partial charge in [-0.05, 0) is 74.1 Å². The molecule has 2 saturated carbocycles. The average molecular weight is 352 g/mol. The first kappa shape index (κ1) is 15.4. The largest absolute Gasteiger partial charge is 0.494 e. The van der Waals surface area contributed by atoms with Gasteiger partial charge in [-0.3, -0.25) is 0 Å².